The molecule has 0 bridgehead atoms. The number of unbranched alkanes of at least 4 members (excludes halogenated alkanes) is 1. The Morgan fingerprint density at radius 1 is 1.10 bits per heavy atom. The number of Topliss-reactive ketones (excluding diaryl/α,β-unsaturated/α-hetero) is 2. The van der Waals surface area contributed by atoms with Crippen LogP contribution in [0.2, 0.25) is 0 Å². The number of aliphatic hydroxyl groups is 3. The van der Waals surface area contributed by atoms with Crippen molar-refractivity contribution in [2.75, 3.05) is 6.61 Å². The van der Waals surface area contributed by atoms with Gasteiger partial charge in [-0.3, -0.25) is 24.0 Å². The van der Waals surface area contributed by atoms with Crippen LogP contribution in [-0.2, 0) is 28.7 Å². The molecular formula is C28H31NO11. The molecule has 4 rings (SSSR count). The Labute approximate surface area is 229 Å². The van der Waals surface area contributed by atoms with Gasteiger partial charge in [-0.15, -0.1) is 0 Å². The smallest absolute Gasteiger partial charge is 0.306 e. The Morgan fingerprint density at radius 2 is 1.77 bits per heavy atom. The maximum Gasteiger partial charge on any atom is 0.306 e. The van der Waals surface area contributed by atoms with E-state index >= 15 is 0 Å². The third-order valence-electron chi connectivity index (χ3n) is 7.90. The zero-order valence-electron chi connectivity index (χ0n) is 22.0. The van der Waals surface area contributed by atoms with Crippen molar-refractivity contribution in [3.05, 3.63) is 52.0 Å². The number of ketones is 2. The summed E-state index contributed by atoms with van der Waals surface area (Å²) in [5.74, 6) is -10.9. The number of hydrogen-bond acceptors (Lipinski definition) is 11. The molecule has 40 heavy (non-hydrogen) atoms. The minimum Gasteiger partial charge on any atom is -0.511 e. The molecule has 1 aromatic carbocycles. The molecular weight excluding hydrogens is 526 g/mol. The van der Waals surface area contributed by atoms with Gasteiger partial charge in [-0.1, -0.05) is 32.4 Å². The number of phenolic OH excluding ortho intramolecular Hbond substituents is 1. The summed E-state index contributed by atoms with van der Waals surface area (Å²) in [5.41, 5.74) is 1.08. The fourth-order valence-electron chi connectivity index (χ4n) is 5.90. The molecule has 0 spiro atoms. The minimum absolute atomic E-state index is 0.161. The molecule has 0 aliphatic heterocycles. The molecule has 0 radical (unpaired) electrons. The maximum atomic E-state index is 13.6. The summed E-state index contributed by atoms with van der Waals surface area (Å²) in [6, 6.07) is 4.34. The van der Waals surface area contributed by atoms with Crippen LogP contribution in [0, 0.1) is 11.8 Å². The van der Waals surface area contributed by atoms with Gasteiger partial charge in [0.25, 0.3) is 5.91 Å². The lowest BCUT2D eigenvalue weighted by Crippen LogP contribution is -2.63. The summed E-state index contributed by atoms with van der Waals surface area (Å²) >= 11 is 0. The van der Waals surface area contributed by atoms with Gasteiger partial charge < -0.3 is 35.6 Å². The quantitative estimate of drug-likeness (QED) is 0.177. The van der Waals surface area contributed by atoms with Gasteiger partial charge in [0.1, 0.15) is 28.9 Å². The van der Waals surface area contributed by atoms with Crippen LogP contribution in [0.25, 0.3) is 0 Å². The van der Waals surface area contributed by atoms with Crippen LogP contribution in [0.15, 0.2) is 40.9 Å². The number of benzene rings is 1. The standard InChI is InChI=1S/C28H31NO11/c1-3-4-10-39-17(32)8-9-18(33)40-24-14-11-16(31)21(27(29)37)25(35)28(14,38)26(36)22-19(24)12(2)13-6-5-7-15(30)20(13)23(22)34/h5-7,12,14,19,24,30-31,36,38H,3-4,8-11H2,1-2H3,(H2,29,37)/t12-,14+,19+,24+,28+/m0/s1. The number of amides is 1. The number of carbonyl (C=O) groups is 5. The molecule has 0 fully saturated rings. The topological polar surface area (TPSA) is 211 Å². The van der Waals surface area contributed by atoms with Crippen LogP contribution in [0.3, 0.4) is 0 Å². The van der Waals surface area contributed by atoms with Crippen molar-refractivity contribution in [1.29, 1.82) is 0 Å². The Bertz CT molecular complexity index is 1360. The lowest BCUT2D eigenvalue weighted by molar-refractivity contribution is -0.175. The van der Waals surface area contributed by atoms with Crippen LogP contribution in [0.5, 0.6) is 5.75 Å². The number of ether oxygens (including phenoxy) is 2. The first-order valence-electron chi connectivity index (χ1n) is 13.0. The molecule has 0 unspecified atom stereocenters. The summed E-state index contributed by atoms with van der Waals surface area (Å²) in [6.07, 6.45) is -1.36. The normalized spacial score (nSPS) is 27.5. The first-order valence-corrected chi connectivity index (χ1v) is 13.0. The largest absolute Gasteiger partial charge is 0.511 e. The zero-order valence-corrected chi connectivity index (χ0v) is 22.0. The molecule has 6 N–H and O–H groups in total. The molecule has 1 amide bonds. The number of nitrogens with two attached hydrogens (primary N) is 1. The number of esters is 2. The Morgan fingerprint density at radius 3 is 2.42 bits per heavy atom. The highest BCUT2D eigenvalue weighted by Crippen LogP contribution is 2.55. The summed E-state index contributed by atoms with van der Waals surface area (Å²) in [6.45, 7) is 3.76. The first kappa shape index (κ1) is 28.8. The summed E-state index contributed by atoms with van der Waals surface area (Å²) in [4.78, 5) is 63.9. The van der Waals surface area contributed by atoms with Gasteiger partial charge in [0.15, 0.2) is 11.4 Å². The zero-order chi connectivity index (χ0) is 29.5. The van der Waals surface area contributed by atoms with Crippen molar-refractivity contribution < 1.29 is 53.9 Å². The van der Waals surface area contributed by atoms with Gasteiger partial charge in [-0.2, -0.15) is 0 Å². The minimum atomic E-state index is -2.95. The highest BCUT2D eigenvalue weighted by atomic mass is 16.5. The third-order valence-corrected chi connectivity index (χ3v) is 7.90. The molecule has 214 valence electrons. The Hall–Kier alpha value is -4.19. The van der Waals surface area contributed by atoms with E-state index in [2.05, 4.69) is 0 Å². The van der Waals surface area contributed by atoms with E-state index in [-0.39, 0.29) is 18.6 Å². The predicted octanol–water partition coefficient (Wildman–Crippen LogP) is 1.79. The maximum absolute atomic E-state index is 13.6. The SMILES string of the molecule is CCCCOC(=O)CCC(=O)O[C@H]1[C@H]2C(=C(O)[C@]3(O)C(=O)C(C(N)=O)=C(O)C[C@H]13)C(=O)c1c(O)cccc1[C@@H]2C. The lowest BCUT2D eigenvalue weighted by Gasteiger charge is -2.51. The van der Waals surface area contributed by atoms with Gasteiger partial charge in [0, 0.05) is 23.8 Å². The number of hydrogen-bond donors (Lipinski definition) is 5. The third kappa shape index (κ3) is 4.51. The second-order valence-corrected chi connectivity index (χ2v) is 10.3. The van der Waals surface area contributed by atoms with Gasteiger partial charge in [-0.05, 0) is 24.0 Å². The Balaban J connectivity index is 1.79. The van der Waals surface area contributed by atoms with Crippen LogP contribution in [0.4, 0.5) is 0 Å². The molecule has 0 saturated heterocycles. The average Bonchev–Trinajstić information content (AvgIpc) is 2.89. The van der Waals surface area contributed by atoms with Gasteiger partial charge in [0.05, 0.1) is 25.0 Å². The van der Waals surface area contributed by atoms with E-state index in [9.17, 15) is 44.4 Å². The molecule has 3 aliphatic carbocycles. The molecule has 12 nitrogen and oxygen atoms in total. The molecule has 12 heteroatoms. The number of rotatable bonds is 8. The van der Waals surface area contributed by atoms with Crippen LogP contribution in [0.1, 0.15) is 67.8 Å². The monoisotopic (exact) mass is 557 g/mol. The molecule has 5 atom stereocenters. The van der Waals surface area contributed by atoms with E-state index in [1.165, 1.54) is 12.1 Å². The van der Waals surface area contributed by atoms with E-state index in [1.54, 1.807) is 13.0 Å². The van der Waals surface area contributed by atoms with Crippen LogP contribution in [-0.4, -0.2) is 68.2 Å². The van der Waals surface area contributed by atoms with Gasteiger partial charge >= 0.3 is 11.9 Å². The predicted molar refractivity (Wildman–Crippen MR) is 136 cm³/mol. The highest BCUT2D eigenvalue weighted by Gasteiger charge is 2.65. The van der Waals surface area contributed by atoms with Crippen molar-refractivity contribution in [2.45, 2.75) is 63.6 Å². The fourth-order valence-corrected chi connectivity index (χ4v) is 5.90. The van der Waals surface area contributed by atoms with Crippen molar-refractivity contribution in [3.63, 3.8) is 0 Å². The fraction of sp³-hybridized carbons (Fsp3) is 0.464. The van der Waals surface area contributed by atoms with E-state index < -0.39 is 100 Å². The van der Waals surface area contributed by atoms with E-state index in [0.29, 0.717) is 12.0 Å². The molecule has 1 aromatic rings. The van der Waals surface area contributed by atoms with Crippen molar-refractivity contribution >= 4 is 29.4 Å². The summed E-state index contributed by atoms with van der Waals surface area (Å²) < 4.78 is 10.8. The number of fused-ring (bicyclic) bond motifs is 3. The van der Waals surface area contributed by atoms with Crippen molar-refractivity contribution in [2.24, 2.45) is 17.6 Å². The molecule has 0 heterocycles. The number of carbonyl (C=O) groups excluding carboxylic acids is 5. The number of aliphatic hydroxyl groups excluding tert-OH is 2. The average molecular weight is 558 g/mol. The van der Waals surface area contributed by atoms with Crippen LogP contribution < -0.4 is 5.73 Å². The Kier molecular flexibility index (Phi) is 7.75. The van der Waals surface area contributed by atoms with E-state index in [1.807, 2.05) is 6.92 Å². The van der Waals surface area contributed by atoms with E-state index in [0.717, 1.165) is 6.42 Å². The second kappa shape index (κ2) is 10.8. The highest BCUT2D eigenvalue weighted by molar-refractivity contribution is 6.24. The van der Waals surface area contributed by atoms with Crippen molar-refractivity contribution in [1.82, 2.24) is 0 Å². The molecule has 0 saturated carbocycles. The van der Waals surface area contributed by atoms with Gasteiger partial charge in [0.2, 0.25) is 5.78 Å². The summed E-state index contributed by atoms with van der Waals surface area (Å²) in [5, 5.41) is 43.9. The second-order valence-electron chi connectivity index (χ2n) is 10.3. The van der Waals surface area contributed by atoms with E-state index in [4.69, 9.17) is 15.2 Å². The number of phenols is 1. The number of primary amides is 1. The van der Waals surface area contributed by atoms with Gasteiger partial charge in [-0.25, -0.2) is 0 Å². The van der Waals surface area contributed by atoms with Crippen molar-refractivity contribution in [3.8, 4) is 5.75 Å². The molecule has 0 aromatic heterocycles. The first-order chi connectivity index (χ1) is 18.9. The number of allylic oxidation sites excluding steroid dienone is 1. The summed E-state index contributed by atoms with van der Waals surface area (Å²) in [7, 11) is 0. The van der Waals surface area contributed by atoms with Crippen LogP contribution >= 0.6 is 0 Å². The number of aromatic hydroxyl groups is 1. The molecule has 3 aliphatic rings. The lowest BCUT2D eigenvalue weighted by atomic mass is 9.56.